The molecule has 28 heavy (non-hydrogen) atoms. The van der Waals surface area contributed by atoms with Gasteiger partial charge in [0, 0.05) is 10.9 Å². The largest absolute Gasteiger partial charge is 0.444 e. The number of aromatic nitrogens is 2. The Hall–Kier alpha value is -2.00. The number of hydrogen-bond donors (Lipinski definition) is 1. The van der Waals surface area contributed by atoms with Crippen molar-refractivity contribution < 1.29 is 23.0 Å². The summed E-state index contributed by atoms with van der Waals surface area (Å²) in [6.45, 7) is 2.36. The van der Waals surface area contributed by atoms with Crippen molar-refractivity contribution in [2.75, 3.05) is 6.54 Å². The number of nitrogens with zero attached hydrogens (tertiary/aromatic N) is 2. The maximum Gasteiger partial charge on any atom is 0.411 e. The Morgan fingerprint density at radius 1 is 1.32 bits per heavy atom. The van der Waals surface area contributed by atoms with Crippen LogP contribution in [0.3, 0.4) is 0 Å². The van der Waals surface area contributed by atoms with Crippen LogP contribution >= 0.6 is 15.9 Å². The smallest absolute Gasteiger partial charge is 0.411 e. The Balaban J connectivity index is 1.84. The highest BCUT2D eigenvalue weighted by Gasteiger charge is 2.41. The van der Waals surface area contributed by atoms with Gasteiger partial charge < -0.3 is 14.5 Å². The van der Waals surface area contributed by atoms with Crippen molar-refractivity contribution in [1.82, 2.24) is 14.9 Å². The zero-order valence-corrected chi connectivity index (χ0v) is 17.4. The van der Waals surface area contributed by atoms with E-state index in [0.29, 0.717) is 5.82 Å². The molecule has 1 aromatic heterocycles. The third-order valence-corrected chi connectivity index (χ3v) is 4.78. The molecule has 2 heterocycles. The molecule has 1 aliphatic heterocycles. The van der Waals surface area contributed by atoms with Gasteiger partial charge in [0.2, 0.25) is 0 Å². The van der Waals surface area contributed by atoms with Gasteiger partial charge in [0.25, 0.3) is 0 Å². The summed E-state index contributed by atoms with van der Waals surface area (Å²) in [6, 6.07) is 7.12. The molecule has 0 unspecified atom stereocenters. The highest BCUT2D eigenvalue weighted by molar-refractivity contribution is 9.10. The first-order valence-electron chi connectivity index (χ1n) is 8.86. The van der Waals surface area contributed by atoms with Crippen LogP contribution in [-0.2, 0) is 9.47 Å². The van der Waals surface area contributed by atoms with Crippen LogP contribution in [0.1, 0.15) is 39.1 Å². The van der Waals surface area contributed by atoms with Crippen LogP contribution in [0.15, 0.2) is 34.9 Å². The first-order valence-corrected chi connectivity index (χ1v) is 9.66. The summed E-state index contributed by atoms with van der Waals surface area (Å²) in [6.07, 6.45) is 0.488. The fraction of sp³-hybridized carbons (Fsp3) is 0.474. The van der Waals surface area contributed by atoms with E-state index < -0.39 is 30.5 Å². The lowest BCUT2D eigenvalue weighted by atomic mass is 10.1. The number of ether oxygens (including phenoxy) is 2. The van der Waals surface area contributed by atoms with Gasteiger partial charge in [-0.1, -0.05) is 28.1 Å². The first-order chi connectivity index (χ1) is 13.1. The number of halogens is 3. The molecule has 0 aliphatic carbocycles. The first kappa shape index (κ1) is 20.7. The van der Waals surface area contributed by atoms with E-state index in [1.54, 1.807) is 27.0 Å². The van der Waals surface area contributed by atoms with E-state index in [9.17, 15) is 13.6 Å². The van der Waals surface area contributed by atoms with E-state index in [4.69, 9.17) is 4.74 Å². The summed E-state index contributed by atoms with van der Waals surface area (Å²) < 4.78 is 36.4. The predicted molar refractivity (Wildman–Crippen MR) is 103 cm³/mol. The van der Waals surface area contributed by atoms with Crippen LogP contribution in [0.25, 0.3) is 11.3 Å². The van der Waals surface area contributed by atoms with Crippen LogP contribution in [0, 0.1) is 0 Å². The maximum absolute atomic E-state index is 12.7. The van der Waals surface area contributed by atoms with Crippen LogP contribution in [-0.4, -0.2) is 45.8 Å². The van der Waals surface area contributed by atoms with E-state index in [0.717, 1.165) is 15.7 Å². The van der Waals surface area contributed by atoms with Crippen LogP contribution in [0.5, 0.6) is 0 Å². The van der Waals surface area contributed by atoms with Gasteiger partial charge >= 0.3 is 12.7 Å². The zero-order valence-electron chi connectivity index (χ0n) is 15.8. The second-order valence-electron chi connectivity index (χ2n) is 7.59. The minimum Gasteiger partial charge on any atom is -0.444 e. The van der Waals surface area contributed by atoms with Gasteiger partial charge in [-0.3, -0.25) is 4.90 Å². The van der Waals surface area contributed by atoms with Gasteiger partial charge in [0.1, 0.15) is 11.4 Å². The fourth-order valence-electron chi connectivity index (χ4n) is 3.11. The number of nitrogens with one attached hydrogen (secondary N) is 1. The lowest BCUT2D eigenvalue weighted by molar-refractivity contribution is -0.158. The van der Waals surface area contributed by atoms with Gasteiger partial charge in [-0.15, -0.1) is 0 Å². The summed E-state index contributed by atoms with van der Waals surface area (Å²) in [5.41, 5.74) is 0.990. The Bertz CT molecular complexity index is 821. The van der Waals surface area contributed by atoms with Crippen molar-refractivity contribution in [1.29, 1.82) is 0 Å². The van der Waals surface area contributed by atoms with Crippen LogP contribution in [0.2, 0.25) is 0 Å². The number of aromatic amines is 1. The lowest BCUT2D eigenvalue weighted by Gasteiger charge is -2.27. The summed E-state index contributed by atoms with van der Waals surface area (Å²) in [7, 11) is 0. The van der Waals surface area contributed by atoms with Crippen molar-refractivity contribution in [2.45, 2.75) is 51.6 Å². The number of amides is 1. The van der Waals surface area contributed by atoms with Crippen molar-refractivity contribution in [3.63, 3.8) is 0 Å². The van der Waals surface area contributed by atoms with E-state index in [-0.39, 0.29) is 13.0 Å². The molecule has 2 aromatic rings. The summed E-state index contributed by atoms with van der Waals surface area (Å²) >= 11 is 3.39. The third-order valence-electron chi connectivity index (χ3n) is 4.25. The van der Waals surface area contributed by atoms with E-state index in [1.807, 2.05) is 24.3 Å². The number of hydrogen-bond acceptors (Lipinski definition) is 4. The Kier molecular flexibility index (Phi) is 6.04. The predicted octanol–water partition coefficient (Wildman–Crippen LogP) is 5.13. The number of alkyl halides is 2. The van der Waals surface area contributed by atoms with Crippen molar-refractivity contribution in [2.24, 2.45) is 0 Å². The van der Waals surface area contributed by atoms with Gasteiger partial charge in [-0.2, -0.15) is 8.78 Å². The number of H-pyrrole nitrogens is 1. The number of likely N-dealkylation sites (tertiary alicyclic amines) is 1. The highest BCUT2D eigenvalue weighted by Crippen LogP contribution is 2.35. The molecular weight excluding hydrogens is 436 g/mol. The van der Waals surface area contributed by atoms with Crippen molar-refractivity contribution in [3.05, 3.63) is 40.8 Å². The molecule has 0 spiro atoms. The Morgan fingerprint density at radius 2 is 2.00 bits per heavy atom. The van der Waals surface area contributed by atoms with Crippen LogP contribution in [0.4, 0.5) is 13.6 Å². The average molecular weight is 458 g/mol. The molecule has 1 fully saturated rings. The molecule has 9 heteroatoms. The second-order valence-corrected chi connectivity index (χ2v) is 8.51. The zero-order chi connectivity index (χ0) is 20.5. The molecule has 152 valence electrons. The summed E-state index contributed by atoms with van der Waals surface area (Å²) in [5, 5.41) is 0. The Labute approximate surface area is 170 Å². The fourth-order valence-corrected chi connectivity index (χ4v) is 3.37. The Morgan fingerprint density at radius 3 is 2.61 bits per heavy atom. The van der Waals surface area contributed by atoms with Crippen molar-refractivity contribution >= 4 is 22.0 Å². The van der Waals surface area contributed by atoms with E-state index >= 15 is 0 Å². The van der Waals surface area contributed by atoms with Gasteiger partial charge in [-0.25, -0.2) is 9.78 Å². The average Bonchev–Trinajstić information content (AvgIpc) is 3.20. The minimum absolute atomic E-state index is 0.0121. The summed E-state index contributed by atoms with van der Waals surface area (Å²) in [4.78, 5) is 21.6. The molecule has 1 aromatic carbocycles. The molecule has 3 rings (SSSR count). The monoisotopic (exact) mass is 457 g/mol. The number of benzene rings is 1. The second kappa shape index (κ2) is 8.16. The topological polar surface area (TPSA) is 67.4 Å². The standard InChI is InChI=1S/C19H22BrF2N3O3/c1-19(2,3)28-18(26)25-10-13(27-17(21)22)8-15(25)16-23-9-14(24-16)11-4-6-12(20)7-5-11/h4-7,9,13,15,17H,8,10H2,1-3H3,(H,23,24)/t13-,15-/m0/s1. The van der Waals surface area contributed by atoms with E-state index in [1.165, 1.54) is 4.90 Å². The molecule has 0 bridgehead atoms. The van der Waals surface area contributed by atoms with E-state index in [2.05, 4.69) is 30.6 Å². The molecule has 0 radical (unpaired) electrons. The van der Waals surface area contributed by atoms with Crippen molar-refractivity contribution in [3.8, 4) is 11.3 Å². The number of carbonyl (C=O) groups is 1. The molecule has 6 nitrogen and oxygen atoms in total. The van der Waals surface area contributed by atoms with Gasteiger partial charge in [0.15, 0.2) is 0 Å². The molecule has 1 aliphatic rings. The number of carbonyl (C=O) groups excluding carboxylic acids is 1. The molecule has 1 amide bonds. The molecule has 1 N–H and O–H groups in total. The quantitative estimate of drug-likeness (QED) is 0.690. The van der Waals surface area contributed by atoms with Gasteiger partial charge in [-0.05, 0) is 38.5 Å². The SMILES string of the molecule is CC(C)(C)OC(=O)N1C[C@@H](OC(F)F)C[C@H]1c1ncc(-c2ccc(Br)cc2)[nH]1. The van der Waals surface area contributed by atoms with Crippen LogP contribution < -0.4 is 0 Å². The maximum atomic E-state index is 12.7. The highest BCUT2D eigenvalue weighted by atomic mass is 79.9. The number of imidazole rings is 1. The number of rotatable bonds is 4. The molecule has 0 saturated carbocycles. The third kappa shape index (κ3) is 5.08. The molecule has 2 atom stereocenters. The lowest BCUT2D eigenvalue weighted by Crippen LogP contribution is -2.37. The summed E-state index contributed by atoms with van der Waals surface area (Å²) in [5.74, 6) is 0.504. The molecule has 1 saturated heterocycles. The van der Waals surface area contributed by atoms with Gasteiger partial charge in [0.05, 0.1) is 30.6 Å². The molecular formula is C19H22BrF2N3O3. The minimum atomic E-state index is -2.90. The normalized spacial score (nSPS) is 20.0.